The molecule has 0 aromatic heterocycles. The topological polar surface area (TPSA) is 98.9 Å². The van der Waals surface area contributed by atoms with Gasteiger partial charge in [-0.2, -0.15) is 13.6 Å². The number of ether oxygens (including phenoxy) is 1. The van der Waals surface area contributed by atoms with E-state index in [9.17, 15) is 13.5 Å². The maximum absolute atomic E-state index is 11.5. The van der Waals surface area contributed by atoms with Crippen molar-refractivity contribution in [3.63, 3.8) is 0 Å². The normalized spacial score (nSPS) is 40.7. The second-order valence-corrected chi connectivity index (χ2v) is 10.6. The molecule has 1 aromatic carbocycles. The van der Waals surface area contributed by atoms with Crippen molar-refractivity contribution in [2.45, 2.75) is 64.4 Å². The van der Waals surface area contributed by atoms with Gasteiger partial charge in [-0.3, -0.25) is 0 Å². The summed E-state index contributed by atoms with van der Waals surface area (Å²) in [4.78, 5) is 0. The molecule has 6 atom stereocenters. The Morgan fingerprint density at radius 2 is 2.07 bits per heavy atom. The van der Waals surface area contributed by atoms with E-state index in [1.807, 2.05) is 13.0 Å². The minimum absolute atomic E-state index is 0.0514. The molecule has 28 heavy (non-hydrogen) atoms. The molecular weight excluding hydrogens is 378 g/mol. The minimum atomic E-state index is -4.10. The summed E-state index contributed by atoms with van der Waals surface area (Å²) in [7, 11) is -4.10. The maximum Gasteiger partial charge on any atom is 0.380 e. The lowest BCUT2D eigenvalue weighted by molar-refractivity contribution is -0.0558. The molecule has 1 spiro atoms. The van der Waals surface area contributed by atoms with E-state index >= 15 is 0 Å². The molecule has 1 aromatic rings. The molecule has 0 bridgehead atoms. The summed E-state index contributed by atoms with van der Waals surface area (Å²) in [5.74, 6) is 2.31. The summed E-state index contributed by atoms with van der Waals surface area (Å²) in [6, 6.07) is 3.79. The highest BCUT2D eigenvalue weighted by Gasteiger charge is 2.76. The molecule has 3 fully saturated rings. The fourth-order valence-electron chi connectivity index (χ4n) is 7.25. The van der Waals surface area contributed by atoms with E-state index in [1.165, 1.54) is 12.0 Å². The van der Waals surface area contributed by atoms with E-state index < -0.39 is 10.3 Å². The SMILES string of the molecule is CCOc1cc2c(cc1OS(N)(=O)=O)CCC1C2CC[C@]2(C)[C@@H](O)CC3CC312. The number of hydrogen-bond donors (Lipinski definition) is 2. The van der Waals surface area contributed by atoms with Crippen molar-refractivity contribution < 1.29 is 22.4 Å². The van der Waals surface area contributed by atoms with Crippen molar-refractivity contribution in [2.24, 2.45) is 27.8 Å². The van der Waals surface area contributed by atoms with Crippen molar-refractivity contribution in [1.82, 2.24) is 0 Å². The Bertz CT molecular complexity index is 931. The summed E-state index contributed by atoms with van der Waals surface area (Å²) in [5, 5.41) is 15.8. The quantitative estimate of drug-likeness (QED) is 0.800. The standard InChI is InChI=1S/C21H29NO5S/c1-3-26-17-10-15-12(8-18(17)27-28(22,24)25)4-5-16-14(15)6-7-20(2)19(23)9-13-11-21(13,16)20/h8,10,13-14,16,19,23H,3-7,9,11H2,1-2H3,(H2,22,24,25)/t13?,14?,16?,19-,20+,21?/m0/s1. The number of aliphatic hydroxyl groups excluding tert-OH is 1. The third-order valence-electron chi connectivity index (χ3n) is 8.42. The molecule has 6 nitrogen and oxygen atoms in total. The number of aryl methyl sites for hydroxylation is 1. The molecule has 0 amide bonds. The Hall–Kier alpha value is -1.31. The van der Waals surface area contributed by atoms with Crippen LogP contribution >= 0.6 is 0 Å². The monoisotopic (exact) mass is 407 g/mol. The van der Waals surface area contributed by atoms with Gasteiger partial charge in [0.25, 0.3) is 0 Å². The maximum atomic E-state index is 11.5. The van der Waals surface area contributed by atoms with E-state index in [1.54, 1.807) is 6.07 Å². The zero-order chi connectivity index (χ0) is 19.9. The molecule has 4 aliphatic carbocycles. The van der Waals surface area contributed by atoms with Crippen LogP contribution in [0, 0.1) is 22.7 Å². The van der Waals surface area contributed by atoms with Crippen LogP contribution in [0.4, 0.5) is 0 Å². The average molecular weight is 408 g/mol. The highest BCUT2D eigenvalue weighted by atomic mass is 32.2. The van der Waals surface area contributed by atoms with E-state index in [0.717, 1.165) is 37.7 Å². The third-order valence-corrected chi connectivity index (χ3v) is 8.83. The van der Waals surface area contributed by atoms with E-state index in [2.05, 4.69) is 6.92 Å². The van der Waals surface area contributed by atoms with Crippen molar-refractivity contribution in [1.29, 1.82) is 0 Å². The van der Waals surface area contributed by atoms with Crippen molar-refractivity contribution in [3.05, 3.63) is 23.3 Å². The number of nitrogens with two attached hydrogens (primary N) is 1. The lowest BCUT2D eigenvalue weighted by Gasteiger charge is -2.52. The number of fused-ring (bicyclic) bond motifs is 3. The van der Waals surface area contributed by atoms with Crippen LogP contribution in [0.1, 0.15) is 63.0 Å². The number of rotatable bonds is 4. The van der Waals surface area contributed by atoms with Crippen LogP contribution in [-0.4, -0.2) is 26.2 Å². The molecule has 3 saturated carbocycles. The molecule has 0 radical (unpaired) electrons. The molecule has 154 valence electrons. The van der Waals surface area contributed by atoms with Crippen molar-refractivity contribution >= 4 is 10.3 Å². The fourth-order valence-corrected chi connectivity index (χ4v) is 7.63. The summed E-state index contributed by atoms with van der Waals surface area (Å²) in [6.07, 6.45) is 6.12. The first kappa shape index (κ1) is 18.7. The molecule has 5 rings (SSSR count). The van der Waals surface area contributed by atoms with Crippen LogP contribution in [0.2, 0.25) is 0 Å². The molecule has 0 heterocycles. The van der Waals surface area contributed by atoms with Gasteiger partial charge in [-0.25, -0.2) is 0 Å². The van der Waals surface area contributed by atoms with Crippen LogP contribution in [0.3, 0.4) is 0 Å². The lowest BCUT2D eigenvalue weighted by atomic mass is 9.52. The Morgan fingerprint density at radius 3 is 2.79 bits per heavy atom. The molecule has 0 saturated heterocycles. The molecular formula is C21H29NO5S. The van der Waals surface area contributed by atoms with Gasteiger partial charge in [0.15, 0.2) is 11.5 Å². The van der Waals surface area contributed by atoms with Crippen LogP contribution in [0.5, 0.6) is 11.5 Å². The zero-order valence-corrected chi connectivity index (χ0v) is 17.3. The Kier molecular flexibility index (Phi) is 3.91. The van der Waals surface area contributed by atoms with E-state index in [-0.39, 0.29) is 22.7 Å². The van der Waals surface area contributed by atoms with E-state index in [4.69, 9.17) is 14.1 Å². The number of aliphatic hydroxyl groups is 1. The molecule has 7 heteroatoms. The minimum Gasteiger partial charge on any atom is -0.490 e. The average Bonchev–Trinajstić information content (AvgIpc) is 3.27. The fraction of sp³-hybridized carbons (Fsp3) is 0.714. The number of benzene rings is 1. The Balaban J connectivity index is 1.55. The summed E-state index contributed by atoms with van der Waals surface area (Å²) in [6.45, 7) is 4.60. The highest BCUT2D eigenvalue weighted by Crippen LogP contribution is 2.81. The van der Waals surface area contributed by atoms with Gasteiger partial charge >= 0.3 is 10.3 Å². The third kappa shape index (κ3) is 2.42. The van der Waals surface area contributed by atoms with Gasteiger partial charge < -0.3 is 14.0 Å². The van der Waals surface area contributed by atoms with Gasteiger partial charge in [0.05, 0.1) is 12.7 Å². The lowest BCUT2D eigenvalue weighted by Crippen LogP contribution is -2.47. The second-order valence-electron chi connectivity index (χ2n) is 9.41. The predicted molar refractivity (Wildman–Crippen MR) is 104 cm³/mol. The van der Waals surface area contributed by atoms with Crippen LogP contribution in [-0.2, 0) is 16.7 Å². The highest BCUT2D eigenvalue weighted by molar-refractivity contribution is 7.84. The molecule has 3 N–H and O–H groups in total. The van der Waals surface area contributed by atoms with Gasteiger partial charge in [0, 0.05) is 0 Å². The second kappa shape index (κ2) is 5.86. The summed E-state index contributed by atoms with van der Waals surface area (Å²) < 4.78 is 33.6. The summed E-state index contributed by atoms with van der Waals surface area (Å²) in [5.41, 5.74) is 2.74. The molecule has 4 unspecified atom stereocenters. The molecule has 0 aliphatic heterocycles. The molecule has 4 aliphatic rings. The van der Waals surface area contributed by atoms with Gasteiger partial charge in [0.2, 0.25) is 0 Å². The largest absolute Gasteiger partial charge is 0.490 e. The van der Waals surface area contributed by atoms with Crippen LogP contribution in [0.25, 0.3) is 0 Å². The van der Waals surface area contributed by atoms with Crippen molar-refractivity contribution in [3.8, 4) is 11.5 Å². The van der Waals surface area contributed by atoms with Gasteiger partial charge in [-0.05, 0) is 97.3 Å². The predicted octanol–water partition coefficient (Wildman–Crippen LogP) is 2.88. The Morgan fingerprint density at radius 1 is 1.29 bits per heavy atom. The summed E-state index contributed by atoms with van der Waals surface area (Å²) >= 11 is 0. The van der Waals surface area contributed by atoms with Gasteiger partial charge in [-0.15, -0.1) is 0 Å². The zero-order valence-electron chi connectivity index (χ0n) is 16.5. The van der Waals surface area contributed by atoms with E-state index in [0.29, 0.717) is 30.1 Å². The van der Waals surface area contributed by atoms with Gasteiger partial charge in [-0.1, -0.05) is 6.92 Å². The van der Waals surface area contributed by atoms with Gasteiger partial charge in [0.1, 0.15) is 0 Å². The first-order valence-corrected chi connectivity index (χ1v) is 11.9. The van der Waals surface area contributed by atoms with Crippen LogP contribution in [0.15, 0.2) is 12.1 Å². The smallest absolute Gasteiger partial charge is 0.380 e. The Labute approximate surface area is 166 Å². The van der Waals surface area contributed by atoms with Crippen molar-refractivity contribution in [2.75, 3.05) is 6.61 Å². The first-order chi connectivity index (χ1) is 13.2. The number of hydrogen-bond acceptors (Lipinski definition) is 5. The first-order valence-electron chi connectivity index (χ1n) is 10.4. The van der Waals surface area contributed by atoms with Crippen LogP contribution < -0.4 is 14.1 Å².